The highest BCUT2D eigenvalue weighted by molar-refractivity contribution is 5.35. The van der Waals surface area contributed by atoms with Gasteiger partial charge in [-0.15, -0.1) is 0 Å². The standard InChI is InChI=1S/C13H25N/c1-5-10(6-2)7-9(3)8-11-12-13(11,4)14-12/h9-12,14H,5-8H2,1-4H3. The van der Waals surface area contributed by atoms with Gasteiger partial charge >= 0.3 is 0 Å². The maximum atomic E-state index is 3.51. The average Bonchev–Trinajstić information content (AvgIpc) is 2.98. The van der Waals surface area contributed by atoms with Crippen LogP contribution in [0.3, 0.4) is 0 Å². The zero-order chi connectivity index (χ0) is 10.3. The maximum Gasteiger partial charge on any atom is 0.0357 e. The maximum absolute atomic E-state index is 3.51. The molecule has 4 atom stereocenters. The van der Waals surface area contributed by atoms with Crippen LogP contribution in [0, 0.1) is 17.8 Å². The van der Waals surface area contributed by atoms with Crippen molar-refractivity contribution in [2.45, 2.75) is 65.0 Å². The van der Waals surface area contributed by atoms with Crippen LogP contribution in [0.4, 0.5) is 0 Å². The average molecular weight is 195 g/mol. The molecule has 0 radical (unpaired) electrons. The van der Waals surface area contributed by atoms with Gasteiger partial charge in [0.25, 0.3) is 0 Å². The van der Waals surface area contributed by atoms with Crippen molar-refractivity contribution in [1.29, 1.82) is 0 Å². The van der Waals surface area contributed by atoms with Crippen molar-refractivity contribution in [3.8, 4) is 0 Å². The van der Waals surface area contributed by atoms with Gasteiger partial charge in [0, 0.05) is 11.6 Å². The SMILES string of the molecule is CCC(CC)CC(C)CC1C2NC12C. The summed E-state index contributed by atoms with van der Waals surface area (Å²) in [5, 5.41) is 3.51. The molecule has 1 saturated carbocycles. The Morgan fingerprint density at radius 1 is 1.29 bits per heavy atom. The van der Waals surface area contributed by atoms with Gasteiger partial charge in [-0.05, 0) is 37.5 Å². The Balaban J connectivity index is 1.66. The van der Waals surface area contributed by atoms with Crippen molar-refractivity contribution in [1.82, 2.24) is 5.32 Å². The van der Waals surface area contributed by atoms with Crippen LogP contribution in [-0.2, 0) is 0 Å². The van der Waals surface area contributed by atoms with Crippen molar-refractivity contribution < 1.29 is 0 Å². The van der Waals surface area contributed by atoms with Crippen molar-refractivity contribution in [2.24, 2.45) is 17.8 Å². The molecule has 1 saturated heterocycles. The van der Waals surface area contributed by atoms with E-state index in [-0.39, 0.29) is 0 Å². The molecule has 2 fully saturated rings. The molecule has 0 spiro atoms. The van der Waals surface area contributed by atoms with E-state index in [2.05, 4.69) is 33.0 Å². The minimum Gasteiger partial charge on any atom is -0.305 e. The van der Waals surface area contributed by atoms with E-state index >= 15 is 0 Å². The van der Waals surface area contributed by atoms with Crippen LogP contribution < -0.4 is 5.32 Å². The summed E-state index contributed by atoms with van der Waals surface area (Å²) in [6, 6.07) is 0.909. The van der Waals surface area contributed by atoms with Crippen LogP contribution in [0.2, 0.25) is 0 Å². The molecule has 2 rings (SSSR count). The van der Waals surface area contributed by atoms with E-state index in [1.165, 1.54) is 25.7 Å². The Kier molecular flexibility index (Phi) is 2.63. The van der Waals surface area contributed by atoms with Crippen molar-refractivity contribution in [2.75, 3.05) is 0 Å². The lowest BCUT2D eigenvalue weighted by Gasteiger charge is -2.20. The van der Waals surface area contributed by atoms with Gasteiger partial charge in [0.05, 0.1) is 0 Å². The Morgan fingerprint density at radius 3 is 2.21 bits per heavy atom. The van der Waals surface area contributed by atoms with Crippen LogP contribution in [0.25, 0.3) is 0 Å². The molecule has 0 bridgehead atoms. The van der Waals surface area contributed by atoms with Crippen molar-refractivity contribution >= 4 is 0 Å². The molecule has 1 heterocycles. The monoisotopic (exact) mass is 195 g/mol. The van der Waals surface area contributed by atoms with Gasteiger partial charge in [0.15, 0.2) is 0 Å². The van der Waals surface area contributed by atoms with Crippen LogP contribution >= 0.6 is 0 Å². The number of hydrogen-bond acceptors (Lipinski definition) is 1. The largest absolute Gasteiger partial charge is 0.305 e. The molecule has 0 aromatic carbocycles. The fourth-order valence-electron chi connectivity index (χ4n) is 3.11. The van der Waals surface area contributed by atoms with E-state index in [0.29, 0.717) is 5.54 Å². The Hall–Kier alpha value is -0.0400. The number of hydrogen-bond donors (Lipinski definition) is 1. The third kappa shape index (κ3) is 1.71. The molecule has 0 amide bonds. The molecule has 1 N–H and O–H groups in total. The number of rotatable bonds is 6. The predicted octanol–water partition coefficient (Wildman–Crippen LogP) is 3.20. The van der Waals surface area contributed by atoms with Gasteiger partial charge in [-0.3, -0.25) is 0 Å². The van der Waals surface area contributed by atoms with E-state index in [4.69, 9.17) is 0 Å². The number of nitrogens with one attached hydrogen (secondary N) is 1. The van der Waals surface area contributed by atoms with Crippen LogP contribution in [-0.4, -0.2) is 11.6 Å². The van der Waals surface area contributed by atoms with Gasteiger partial charge in [0.2, 0.25) is 0 Å². The molecule has 4 unspecified atom stereocenters. The minimum absolute atomic E-state index is 0.599. The van der Waals surface area contributed by atoms with Crippen LogP contribution in [0.5, 0.6) is 0 Å². The van der Waals surface area contributed by atoms with Gasteiger partial charge in [-0.1, -0.05) is 33.6 Å². The molecule has 82 valence electrons. The molecule has 1 aliphatic heterocycles. The van der Waals surface area contributed by atoms with E-state index in [1.54, 1.807) is 0 Å². The Bertz CT molecular complexity index is 205. The smallest absolute Gasteiger partial charge is 0.0357 e. The topological polar surface area (TPSA) is 21.9 Å². The Morgan fingerprint density at radius 2 is 1.86 bits per heavy atom. The predicted molar refractivity (Wildman–Crippen MR) is 61.3 cm³/mol. The summed E-state index contributed by atoms with van der Waals surface area (Å²) in [6.07, 6.45) is 5.64. The zero-order valence-corrected chi connectivity index (χ0v) is 10.1. The molecular weight excluding hydrogens is 170 g/mol. The molecule has 1 nitrogen and oxygen atoms in total. The van der Waals surface area contributed by atoms with Crippen molar-refractivity contribution in [3.63, 3.8) is 0 Å². The lowest BCUT2D eigenvalue weighted by Crippen LogP contribution is -2.19. The highest BCUT2D eigenvalue weighted by atomic mass is 15.3. The molecule has 1 heteroatoms. The summed E-state index contributed by atoms with van der Waals surface area (Å²) in [7, 11) is 0. The van der Waals surface area contributed by atoms with E-state index in [1.807, 2.05) is 0 Å². The molecule has 1 aliphatic carbocycles. The first-order valence-corrected chi connectivity index (χ1v) is 6.39. The van der Waals surface area contributed by atoms with E-state index < -0.39 is 0 Å². The highest BCUT2D eigenvalue weighted by Crippen LogP contribution is 2.60. The normalized spacial score (nSPS) is 40.9. The first kappa shape index (κ1) is 10.5. The second kappa shape index (κ2) is 3.52. The quantitative estimate of drug-likeness (QED) is 0.646. The fourth-order valence-corrected chi connectivity index (χ4v) is 3.11. The second-order valence-corrected chi connectivity index (χ2v) is 5.77. The van der Waals surface area contributed by atoms with Gasteiger partial charge < -0.3 is 5.32 Å². The second-order valence-electron chi connectivity index (χ2n) is 5.77. The van der Waals surface area contributed by atoms with Gasteiger partial charge in [-0.2, -0.15) is 0 Å². The summed E-state index contributed by atoms with van der Waals surface area (Å²) in [5.74, 6) is 2.93. The summed E-state index contributed by atoms with van der Waals surface area (Å²) < 4.78 is 0. The van der Waals surface area contributed by atoms with Crippen LogP contribution in [0.15, 0.2) is 0 Å². The summed E-state index contributed by atoms with van der Waals surface area (Å²) in [5.41, 5.74) is 0.599. The highest BCUT2D eigenvalue weighted by Gasteiger charge is 2.75. The molecule has 2 aliphatic rings. The molecule has 14 heavy (non-hydrogen) atoms. The molecular formula is C13H25N. The van der Waals surface area contributed by atoms with Gasteiger partial charge in [0.1, 0.15) is 0 Å². The summed E-state index contributed by atoms with van der Waals surface area (Å²) >= 11 is 0. The van der Waals surface area contributed by atoms with Crippen molar-refractivity contribution in [3.05, 3.63) is 0 Å². The first-order chi connectivity index (χ1) is 6.61. The first-order valence-electron chi connectivity index (χ1n) is 6.39. The molecule has 0 aromatic rings. The Labute approximate surface area is 88.7 Å². The third-order valence-corrected chi connectivity index (χ3v) is 4.64. The lowest BCUT2D eigenvalue weighted by atomic mass is 9.88. The van der Waals surface area contributed by atoms with E-state index in [0.717, 1.165) is 23.8 Å². The fraction of sp³-hybridized carbons (Fsp3) is 1.00. The summed E-state index contributed by atoms with van der Waals surface area (Å²) in [4.78, 5) is 0. The van der Waals surface area contributed by atoms with Gasteiger partial charge in [-0.25, -0.2) is 0 Å². The third-order valence-electron chi connectivity index (χ3n) is 4.64. The van der Waals surface area contributed by atoms with E-state index in [9.17, 15) is 0 Å². The number of fused-ring (bicyclic) bond motifs is 1. The molecule has 0 aromatic heterocycles. The summed E-state index contributed by atoms with van der Waals surface area (Å²) in [6.45, 7) is 9.49. The zero-order valence-electron chi connectivity index (χ0n) is 10.1. The minimum atomic E-state index is 0.599. The van der Waals surface area contributed by atoms with Crippen LogP contribution in [0.1, 0.15) is 53.4 Å². The lowest BCUT2D eigenvalue weighted by molar-refractivity contribution is 0.323.